The van der Waals surface area contributed by atoms with Crippen LogP contribution in [0.5, 0.6) is 0 Å². The zero-order valence-electron chi connectivity index (χ0n) is 22.1. The van der Waals surface area contributed by atoms with Crippen LogP contribution in [0.3, 0.4) is 0 Å². The number of aromatic amines is 1. The lowest BCUT2D eigenvalue weighted by Gasteiger charge is -2.44. The first-order valence-electron chi connectivity index (χ1n) is 13.3. The quantitative estimate of drug-likeness (QED) is 0.309. The lowest BCUT2D eigenvalue weighted by Crippen LogP contribution is -2.51. The van der Waals surface area contributed by atoms with Crippen molar-refractivity contribution in [3.63, 3.8) is 0 Å². The van der Waals surface area contributed by atoms with Gasteiger partial charge in [0.25, 0.3) is 0 Å². The third kappa shape index (κ3) is 4.35. The van der Waals surface area contributed by atoms with Crippen molar-refractivity contribution < 1.29 is 14.4 Å². The summed E-state index contributed by atoms with van der Waals surface area (Å²) < 4.78 is 0. The minimum absolute atomic E-state index is 0.0328. The first-order valence-corrected chi connectivity index (χ1v) is 13.3. The molecule has 1 saturated heterocycles. The van der Waals surface area contributed by atoms with E-state index in [1.165, 1.54) is 17.7 Å². The first kappa shape index (κ1) is 25.2. The zero-order chi connectivity index (χ0) is 26.3. The van der Waals surface area contributed by atoms with Gasteiger partial charge in [-0.3, -0.25) is 14.4 Å². The number of amides is 1. The van der Waals surface area contributed by atoms with Crippen LogP contribution in [0, 0.1) is 29.1 Å². The Morgan fingerprint density at radius 3 is 2.62 bits per heavy atom. The molecule has 0 bridgehead atoms. The summed E-state index contributed by atoms with van der Waals surface area (Å²) in [7, 11) is 0. The van der Waals surface area contributed by atoms with Crippen LogP contribution >= 0.6 is 0 Å². The maximum absolute atomic E-state index is 14.1. The number of ketones is 2. The van der Waals surface area contributed by atoms with E-state index in [1.807, 2.05) is 31.3 Å². The molecule has 0 radical (unpaired) electrons. The topological polar surface area (TPSA) is 79.0 Å². The van der Waals surface area contributed by atoms with Crippen LogP contribution in [0.4, 0.5) is 0 Å². The number of nitrogens with one attached hydrogen (secondary N) is 2. The Kier molecular flexibility index (Phi) is 6.65. The summed E-state index contributed by atoms with van der Waals surface area (Å²) in [5, 5.41) is 4.38. The average molecular weight is 515 g/mol. The van der Waals surface area contributed by atoms with E-state index in [0.29, 0.717) is 6.42 Å². The van der Waals surface area contributed by atoms with Gasteiger partial charge in [-0.2, -0.15) is 0 Å². The van der Waals surface area contributed by atoms with Crippen LogP contribution in [0.1, 0.15) is 46.1 Å². The molecule has 0 unspecified atom stereocenters. The Hall–Kier alpha value is -3.47. The number of fused-ring (bicyclic) bond motifs is 1. The molecule has 6 atom stereocenters. The summed E-state index contributed by atoms with van der Waals surface area (Å²) in [6.45, 7) is 8.31. The molecule has 37 heavy (non-hydrogen) atoms. The van der Waals surface area contributed by atoms with Gasteiger partial charge < -0.3 is 10.3 Å². The first-order chi connectivity index (χ1) is 17.7. The van der Waals surface area contributed by atoms with E-state index in [9.17, 15) is 14.4 Å². The second-order valence-corrected chi connectivity index (χ2v) is 11.3. The molecule has 2 heterocycles. The van der Waals surface area contributed by atoms with Crippen LogP contribution in [0.25, 0.3) is 10.9 Å². The average Bonchev–Trinajstić information content (AvgIpc) is 3.39. The highest BCUT2D eigenvalue weighted by atomic mass is 16.3. The van der Waals surface area contributed by atoms with Gasteiger partial charge >= 0.3 is 0 Å². The number of H-pyrrole nitrogens is 1. The summed E-state index contributed by atoms with van der Waals surface area (Å²) >= 11 is 0. The maximum Gasteiger partial charge on any atom is 0.235 e. The number of allylic oxidation sites excluding steroid dienone is 8. The smallest absolute Gasteiger partial charge is 0.235 e. The molecule has 1 fully saturated rings. The maximum atomic E-state index is 14.1. The van der Waals surface area contributed by atoms with Gasteiger partial charge in [0.1, 0.15) is 5.41 Å². The number of carbonyl (C=O) groups is 3. The molecule has 2 aliphatic carbocycles. The highest BCUT2D eigenvalue weighted by molar-refractivity contribution is 6.15. The van der Waals surface area contributed by atoms with Crippen LogP contribution in [-0.4, -0.2) is 28.5 Å². The minimum atomic E-state index is -1.28. The fraction of sp³-hybridized carbons (Fsp3) is 0.406. The van der Waals surface area contributed by atoms with Crippen molar-refractivity contribution in [3.05, 3.63) is 83.6 Å². The summed E-state index contributed by atoms with van der Waals surface area (Å²) in [6.07, 6.45) is 14.8. The SMILES string of the molecule is C[13C]1=[13CH][13C@@H]2/[13CH]=[13CH]/[13CH2][13C@H](C)/[13CH]=[13C](\C)[13CH2][13C](=O)/[13CH]=[13CH]/[13C](=O)[13C@@]23[C@H]([C@H](Cc2c[nH]c4ccccc24)N[13C]3=O)[13C@@H]1[13CH3]. The van der Waals surface area contributed by atoms with Crippen molar-refractivity contribution in [2.24, 2.45) is 29.1 Å². The molecule has 5 nitrogen and oxygen atoms in total. The standard InChI is InChI=1S/C32H36N2O3/c1-19-8-7-9-24-16-21(3)22(4)30-28(17-23-18-33-27-11-6-5-10-26(23)27)34-31(37)32(24,30)29(36)13-12-25(35)15-20(2)14-19/h5-7,9-14,16,18-19,22,24,28,30,33H,8,15,17H2,1-4H3,(H,34,37)/b9-7+,13-12+,20-14+/t19-,22+,24-,28-,30-,32+/m0/s1/i4+1,7+1,8+1,9+1,12+1,13+1,14+1,15+1,16+1,19+1,20+1,21+1,22+1,24+1,25+1,29+1,31+1,32+1. The van der Waals surface area contributed by atoms with E-state index in [0.717, 1.165) is 28.5 Å². The van der Waals surface area contributed by atoms with Crippen molar-refractivity contribution in [1.29, 1.82) is 0 Å². The lowest BCUT2D eigenvalue weighted by molar-refractivity contribution is -0.142. The van der Waals surface area contributed by atoms with Crippen molar-refractivity contribution in [3.8, 4) is 0 Å². The van der Waals surface area contributed by atoms with Gasteiger partial charge in [0.15, 0.2) is 11.6 Å². The molecular formula is C32H36N2O3. The summed E-state index contributed by atoms with van der Waals surface area (Å²) in [4.78, 5) is 44.1. The number of benzene rings is 1. The molecule has 5 heteroatoms. The Labute approximate surface area is 218 Å². The largest absolute Gasteiger partial charge is 0.361 e. The van der Waals surface area contributed by atoms with Gasteiger partial charge in [0, 0.05) is 41.4 Å². The molecule has 1 spiro atoms. The zero-order valence-corrected chi connectivity index (χ0v) is 22.1. The number of hydrogen-bond donors (Lipinski definition) is 2. The number of aromatic nitrogens is 1. The van der Waals surface area contributed by atoms with E-state index in [2.05, 4.69) is 61.4 Å². The third-order valence-corrected chi connectivity index (χ3v) is 8.69. The predicted molar refractivity (Wildman–Crippen MR) is 147 cm³/mol. The van der Waals surface area contributed by atoms with Crippen molar-refractivity contribution >= 4 is 28.4 Å². The highest BCUT2D eigenvalue weighted by Gasteiger charge is 2.64. The number of para-hydroxylation sites is 1. The second-order valence-electron chi connectivity index (χ2n) is 11.3. The van der Waals surface area contributed by atoms with E-state index in [-0.39, 0.29) is 53.6 Å². The highest BCUT2D eigenvalue weighted by Crippen LogP contribution is 2.54. The van der Waals surface area contributed by atoms with Crippen molar-refractivity contribution in [2.45, 2.75) is 53.0 Å². The summed E-state index contributed by atoms with van der Waals surface area (Å²) in [5.74, 6) is -0.928. The number of carbonyl (C=O) groups excluding carboxylic acids is 3. The van der Waals surface area contributed by atoms with Gasteiger partial charge in [0.05, 0.1) is 0 Å². The van der Waals surface area contributed by atoms with E-state index in [1.54, 1.807) is 0 Å². The molecule has 1 aliphatic heterocycles. The molecule has 5 rings (SSSR count). The molecule has 3 aliphatic rings. The Balaban J connectivity index is 1.60. The summed E-state index contributed by atoms with van der Waals surface area (Å²) in [6, 6.07) is 7.95. The van der Waals surface area contributed by atoms with Gasteiger partial charge in [-0.15, -0.1) is 0 Å². The molecule has 1 amide bonds. The van der Waals surface area contributed by atoms with Crippen LogP contribution in [0.2, 0.25) is 0 Å². The molecule has 1 aromatic heterocycles. The second kappa shape index (κ2) is 9.77. The van der Waals surface area contributed by atoms with E-state index in [4.69, 9.17) is 0 Å². The molecule has 2 aromatic rings. The number of rotatable bonds is 2. The third-order valence-electron chi connectivity index (χ3n) is 8.69. The van der Waals surface area contributed by atoms with Gasteiger partial charge in [-0.05, 0) is 62.3 Å². The fourth-order valence-electron chi connectivity index (χ4n) is 6.87. The Morgan fingerprint density at radius 1 is 1.03 bits per heavy atom. The van der Waals surface area contributed by atoms with E-state index >= 15 is 0 Å². The fourth-order valence-corrected chi connectivity index (χ4v) is 6.87. The van der Waals surface area contributed by atoms with Gasteiger partial charge in [0.2, 0.25) is 5.91 Å². The Morgan fingerprint density at radius 2 is 1.81 bits per heavy atom. The normalized spacial score (nSPS) is 35.7. The molecule has 2 N–H and O–H groups in total. The predicted octanol–water partition coefficient (Wildman–Crippen LogP) is 5.65. The number of hydrogen-bond acceptors (Lipinski definition) is 3. The van der Waals surface area contributed by atoms with Gasteiger partial charge in [-0.1, -0.05) is 67.5 Å². The molecule has 0 saturated carbocycles. The molecular weight excluding hydrogens is 478 g/mol. The van der Waals surface area contributed by atoms with Gasteiger partial charge in [-0.25, -0.2) is 0 Å². The monoisotopic (exact) mass is 514 g/mol. The molecule has 1 aromatic carbocycles. The van der Waals surface area contributed by atoms with E-state index < -0.39 is 5.41 Å². The van der Waals surface area contributed by atoms with Crippen LogP contribution in [-0.2, 0) is 20.8 Å². The van der Waals surface area contributed by atoms with Crippen molar-refractivity contribution in [2.75, 3.05) is 0 Å². The van der Waals surface area contributed by atoms with Crippen molar-refractivity contribution in [1.82, 2.24) is 10.3 Å². The Bertz CT molecular complexity index is 1370. The summed E-state index contributed by atoms with van der Waals surface area (Å²) in [5.41, 5.74) is 3.10. The lowest BCUT2D eigenvalue weighted by atomic mass is 9.98. The minimum Gasteiger partial charge on any atom is -0.361 e. The molecule has 192 valence electrons. The van der Waals surface area contributed by atoms with Crippen LogP contribution < -0.4 is 5.32 Å². The van der Waals surface area contributed by atoms with Crippen LogP contribution in [0.15, 0.2) is 78.1 Å².